The molecule has 1 N–H and O–H groups in total. The Morgan fingerprint density at radius 3 is 2.67 bits per heavy atom. The van der Waals surface area contributed by atoms with Crippen molar-refractivity contribution >= 4 is 22.7 Å². The van der Waals surface area contributed by atoms with E-state index in [0.29, 0.717) is 18.8 Å². The number of hydrogen-bond acceptors (Lipinski definition) is 4. The van der Waals surface area contributed by atoms with Crippen molar-refractivity contribution in [1.82, 2.24) is 20.0 Å². The molecule has 3 aromatic rings. The number of aryl methyl sites for hydroxylation is 2. The highest BCUT2D eigenvalue weighted by atomic mass is 16.3. The average molecular weight is 366 g/mol. The van der Waals surface area contributed by atoms with E-state index in [2.05, 4.69) is 10.4 Å². The Kier molecular flexibility index (Phi) is 4.22. The second-order valence-electron chi connectivity index (χ2n) is 7.06. The van der Waals surface area contributed by atoms with Gasteiger partial charge >= 0.3 is 0 Å². The predicted molar refractivity (Wildman–Crippen MR) is 100 cm³/mol. The van der Waals surface area contributed by atoms with Gasteiger partial charge < -0.3 is 14.6 Å². The summed E-state index contributed by atoms with van der Waals surface area (Å²) in [5.74, 6) is 1.26. The molecule has 7 nitrogen and oxygen atoms in total. The molecule has 7 heteroatoms. The molecule has 1 aliphatic heterocycles. The van der Waals surface area contributed by atoms with Gasteiger partial charge in [0.05, 0.1) is 17.5 Å². The van der Waals surface area contributed by atoms with Crippen LogP contribution in [0.4, 0.5) is 0 Å². The summed E-state index contributed by atoms with van der Waals surface area (Å²) in [6.07, 6.45) is 0. The maximum Gasteiger partial charge on any atom is 0.275 e. The first-order chi connectivity index (χ1) is 12.9. The lowest BCUT2D eigenvalue weighted by Gasteiger charge is -2.16. The monoisotopic (exact) mass is 366 g/mol. The van der Waals surface area contributed by atoms with Crippen LogP contribution in [0, 0.1) is 6.92 Å². The van der Waals surface area contributed by atoms with Gasteiger partial charge in [-0.1, -0.05) is 18.2 Å². The van der Waals surface area contributed by atoms with E-state index in [1.807, 2.05) is 50.4 Å². The number of fused-ring (bicyclic) bond motifs is 1. The molecule has 2 atom stereocenters. The number of furan rings is 1. The lowest BCUT2D eigenvalue weighted by atomic mass is 10.0. The minimum Gasteiger partial charge on any atom is -0.466 e. The molecule has 2 amide bonds. The number of hydrogen-bond donors (Lipinski definition) is 1. The molecule has 0 aliphatic carbocycles. The molecule has 1 saturated heterocycles. The smallest absolute Gasteiger partial charge is 0.275 e. The van der Waals surface area contributed by atoms with Crippen LogP contribution in [0.3, 0.4) is 0 Å². The Morgan fingerprint density at radius 2 is 1.96 bits per heavy atom. The molecular formula is C20H22N4O3. The molecule has 0 bridgehead atoms. The van der Waals surface area contributed by atoms with Crippen LogP contribution in [0.5, 0.6) is 0 Å². The van der Waals surface area contributed by atoms with Crippen molar-refractivity contribution in [2.75, 3.05) is 13.1 Å². The van der Waals surface area contributed by atoms with E-state index >= 15 is 0 Å². The number of amides is 2. The van der Waals surface area contributed by atoms with Crippen molar-refractivity contribution in [2.45, 2.75) is 25.8 Å². The standard InChI is InChI=1S/C20H22N4O3/c1-12-8-9-18(27-12)15-10-24(11-16(15)21-13(2)25)20(26)19-14-6-4-5-7-17(14)23(3)22-19/h4-9,15-16H,10-11H2,1-3H3,(H,21,25)/t15-,16-/m1/s1. The third kappa shape index (κ3) is 3.09. The molecular weight excluding hydrogens is 344 g/mol. The number of rotatable bonds is 3. The highest BCUT2D eigenvalue weighted by Crippen LogP contribution is 2.31. The van der Waals surface area contributed by atoms with Gasteiger partial charge in [-0.2, -0.15) is 5.10 Å². The van der Waals surface area contributed by atoms with Gasteiger partial charge in [-0.15, -0.1) is 0 Å². The molecule has 27 heavy (non-hydrogen) atoms. The van der Waals surface area contributed by atoms with Crippen LogP contribution in [-0.2, 0) is 11.8 Å². The van der Waals surface area contributed by atoms with Crippen LogP contribution in [-0.4, -0.2) is 45.6 Å². The van der Waals surface area contributed by atoms with Crippen molar-refractivity contribution < 1.29 is 14.0 Å². The van der Waals surface area contributed by atoms with Crippen molar-refractivity contribution in [3.8, 4) is 0 Å². The van der Waals surface area contributed by atoms with Gasteiger partial charge in [-0.3, -0.25) is 14.3 Å². The largest absolute Gasteiger partial charge is 0.466 e. The van der Waals surface area contributed by atoms with Crippen LogP contribution in [0.15, 0.2) is 40.8 Å². The second kappa shape index (κ2) is 6.57. The summed E-state index contributed by atoms with van der Waals surface area (Å²) in [6, 6.07) is 11.3. The van der Waals surface area contributed by atoms with Gasteiger partial charge in [0.1, 0.15) is 11.5 Å². The normalized spacial score (nSPS) is 19.6. The second-order valence-corrected chi connectivity index (χ2v) is 7.06. The SMILES string of the molecule is CC(=O)N[C@@H]1CN(C(=O)c2nn(C)c3ccccc23)C[C@H]1c1ccc(C)o1. The zero-order valence-electron chi connectivity index (χ0n) is 15.6. The molecule has 0 radical (unpaired) electrons. The molecule has 0 saturated carbocycles. The molecule has 3 heterocycles. The Bertz CT molecular complexity index is 1020. The summed E-state index contributed by atoms with van der Waals surface area (Å²) in [4.78, 5) is 26.6. The number of nitrogens with one attached hydrogen (secondary N) is 1. The summed E-state index contributed by atoms with van der Waals surface area (Å²) < 4.78 is 7.50. The van der Waals surface area contributed by atoms with E-state index in [9.17, 15) is 9.59 Å². The minimum absolute atomic E-state index is 0.0819. The zero-order chi connectivity index (χ0) is 19.1. The average Bonchev–Trinajstić information content (AvgIpc) is 3.32. The summed E-state index contributed by atoms with van der Waals surface area (Å²) in [5.41, 5.74) is 1.35. The van der Waals surface area contributed by atoms with Crippen LogP contribution in [0.1, 0.15) is 34.9 Å². The highest BCUT2D eigenvalue weighted by Gasteiger charge is 2.39. The number of carbonyl (C=O) groups is 2. The molecule has 4 rings (SSSR count). The third-order valence-electron chi connectivity index (χ3n) is 5.08. The topological polar surface area (TPSA) is 80.4 Å². The first-order valence-electron chi connectivity index (χ1n) is 8.98. The van der Waals surface area contributed by atoms with Crippen molar-refractivity contribution in [3.05, 3.63) is 53.6 Å². The summed E-state index contributed by atoms with van der Waals surface area (Å²) in [7, 11) is 1.83. The number of benzene rings is 1. The van der Waals surface area contributed by atoms with Gasteiger partial charge in [0.15, 0.2) is 5.69 Å². The fourth-order valence-electron chi connectivity index (χ4n) is 3.84. The van der Waals surface area contributed by atoms with Gasteiger partial charge in [0.2, 0.25) is 5.91 Å². The molecule has 140 valence electrons. The number of carbonyl (C=O) groups excluding carboxylic acids is 2. The lowest BCUT2D eigenvalue weighted by molar-refractivity contribution is -0.119. The van der Waals surface area contributed by atoms with E-state index in [0.717, 1.165) is 22.4 Å². The quantitative estimate of drug-likeness (QED) is 0.771. The van der Waals surface area contributed by atoms with E-state index in [1.54, 1.807) is 9.58 Å². The summed E-state index contributed by atoms with van der Waals surface area (Å²) >= 11 is 0. The molecule has 1 aromatic carbocycles. The predicted octanol–water partition coefficient (Wildman–Crippen LogP) is 2.22. The molecule has 0 unspecified atom stereocenters. The summed E-state index contributed by atoms with van der Waals surface area (Å²) in [6.45, 7) is 4.27. The first kappa shape index (κ1) is 17.3. The molecule has 0 spiro atoms. The molecule has 2 aromatic heterocycles. The number of para-hydroxylation sites is 1. The van der Waals surface area contributed by atoms with Gasteiger partial charge in [-0.05, 0) is 25.1 Å². The molecule has 1 aliphatic rings. The highest BCUT2D eigenvalue weighted by molar-refractivity contribution is 6.05. The van der Waals surface area contributed by atoms with Gasteiger partial charge in [-0.25, -0.2) is 0 Å². The van der Waals surface area contributed by atoms with Crippen molar-refractivity contribution in [1.29, 1.82) is 0 Å². The van der Waals surface area contributed by atoms with Gasteiger partial charge in [0, 0.05) is 32.4 Å². The van der Waals surface area contributed by atoms with Gasteiger partial charge in [0.25, 0.3) is 5.91 Å². The van der Waals surface area contributed by atoms with Crippen LogP contribution >= 0.6 is 0 Å². The van der Waals surface area contributed by atoms with Crippen molar-refractivity contribution in [2.24, 2.45) is 7.05 Å². The Labute approximate surface area is 156 Å². The number of likely N-dealkylation sites (tertiary alicyclic amines) is 1. The van der Waals surface area contributed by atoms with Crippen molar-refractivity contribution in [3.63, 3.8) is 0 Å². The lowest BCUT2D eigenvalue weighted by Crippen LogP contribution is -2.39. The van der Waals surface area contributed by atoms with E-state index in [1.165, 1.54) is 6.92 Å². The fourth-order valence-corrected chi connectivity index (χ4v) is 3.84. The Morgan fingerprint density at radius 1 is 1.19 bits per heavy atom. The van der Waals surface area contributed by atoms with Crippen LogP contribution in [0.2, 0.25) is 0 Å². The first-order valence-corrected chi connectivity index (χ1v) is 8.98. The number of aromatic nitrogens is 2. The third-order valence-corrected chi connectivity index (χ3v) is 5.08. The maximum atomic E-state index is 13.2. The molecule has 1 fully saturated rings. The van der Waals surface area contributed by atoms with Crippen LogP contribution in [0.25, 0.3) is 10.9 Å². The van der Waals surface area contributed by atoms with E-state index in [-0.39, 0.29) is 23.8 Å². The minimum atomic E-state index is -0.188. The Balaban J connectivity index is 1.65. The zero-order valence-corrected chi connectivity index (χ0v) is 15.6. The summed E-state index contributed by atoms with van der Waals surface area (Å²) in [5, 5.41) is 8.23. The fraction of sp³-hybridized carbons (Fsp3) is 0.350. The Hall–Kier alpha value is -3.09. The number of nitrogens with zero attached hydrogens (tertiary/aromatic N) is 3. The van der Waals surface area contributed by atoms with E-state index < -0.39 is 0 Å². The maximum absolute atomic E-state index is 13.2. The van der Waals surface area contributed by atoms with E-state index in [4.69, 9.17) is 4.42 Å². The van der Waals surface area contributed by atoms with Crippen LogP contribution < -0.4 is 5.32 Å².